The Labute approximate surface area is 144 Å². The molecule has 0 aliphatic carbocycles. The largest absolute Gasteiger partial charge is 0.434 e. The fourth-order valence-electron chi connectivity index (χ4n) is 2.63. The van der Waals surface area contributed by atoms with Crippen LogP contribution in [-0.2, 0) is 4.74 Å². The number of ether oxygens (including phenoxy) is 2. The van der Waals surface area contributed by atoms with Gasteiger partial charge in [0, 0.05) is 24.5 Å². The maximum Gasteiger partial charge on any atom is 0.387 e. The zero-order chi connectivity index (χ0) is 17.6. The Morgan fingerprint density at radius 2 is 1.76 bits per heavy atom. The molecule has 0 atom stereocenters. The number of alkyl halides is 2. The van der Waals surface area contributed by atoms with Crippen LogP contribution in [0.15, 0.2) is 48.5 Å². The van der Waals surface area contributed by atoms with Crippen molar-refractivity contribution in [2.45, 2.75) is 6.61 Å². The molecule has 1 saturated heterocycles. The summed E-state index contributed by atoms with van der Waals surface area (Å²) in [5, 5.41) is 2.69. The molecule has 0 saturated carbocycles. The summed E-state index contributed by atoms with van der Waals surface area (Å²) in [6.45, 7) is 0.0502. The number of benzene rings is 2. The van der Waals surface area contributed by atoms with Crippen molar-refractivity contribution in [2.24, 2.45) is 0 Å². The smallest absolute Gasteiger partial charge is 0.387 e. The second kappa shape index (κ2) is 7.94. The predicted octanol–water partition coefficient (Wildman–Crippen LogP) is 3.38. The number of nitrogens with one attached hydrogen (secondary N) is 1. The molecule has 7 heteroatoms. The summed E-state index contributed by atoms with van der Waals surface area (Å²) in [5.41, 5.74) is 1.68. The van der Waals surface area contributed by atoms with Crippen molar-refractivity contribution in [1.29, 1.82) is 0 Å². The third-order valence-electron chi connectivity index (χ3n) is 3.85. The molecule has 132 valence electrons. The van der Waals surface area contributed by atoms with Crippen molar-refractivity contribution in [3.8, 4) is 5.75 Å². The number of anilines is 2. The molecule has 0 bridgehead atoms. The standard InChI is InChI=1S/C18H18F2N2O3/c19-18(20)25-16-4-2-1-3-15(16)17(23)21-13-5-7-14(8-6-13)22-9-11-24-12-10-22/h1-8,18H,9-12H2,(H,21,23). The van der Waals surface area contributed by atoms with Crippen LogP contribution < -0.4 is 15.0 Å². The minimum absolute atomic E-state index is 0.0556. The van der Waals surface area contributed by atoms with Crippen molar-refractivity contribution in [3.05, 3.63) is 54.1 Å². The van der Waals surface area contributed by atoms with Gasteiger partial charge in [0.1, 0.15) is 5.75 Å². The zero-order valence-electron chi connectivity index (χ0n) is 13.5. The van der Waals surface area contributed by atoms with Crippen LogP contribution in [0.1, 0.15) is 10.4 Å². The number of carbonyl (C=O) groups is 1. The summed E-state index contributed by atoms with van der Waals surface area (Å²) >= 11 is 0. The minimum Gasteiger partial charge on any atom is -0.434 e. The number of rotatable bonds is 5. The lowest BCUT2D eigenvalue weighted by atomic mass is 10.1. The molecule has 0 aromatic heterocycles. The number of carbonyl (C=O) groups excluding carboxylic acids is 1. The van der Waals surface area contributed by atoms with E-state index in [0.717, 1.165) is 18.8 Å². The summed E-state index contributed by atoms with van der Waals surface area (Å²) < 4.78 is 34.6. The van der Waals surface area contributed by atoms with E-state index in [0.29, 0.717) is 18.9 Å². The highest BCUT2D eigenvalue weighted by Crippen LogP contribution is 2.23. The molecule has 0 unspecified atom stereocenters. The molecule has 1 aliphatic rings. The molecule has 5 nitrogen and oxygen atoms in total. The number of morpholine rings is 1. The third-order valence-corrected chi connectivity index (χ3v) is 3.85. The van der Waals surface area contributed by atoms with E-state index in [2.05, 4.69) is 15.0 Å². The Hall–Kier alpha value is -2.67. The van der Waals surface area contributed by atoms with E-state index < -0.39 is 12.5 Å². The molecule has 25 heavy (non-hydrogen) atoms. The molecule has 2 aromatic rings. The fraction of sp³-hybridized carbons (Fsp3) is 0.278. The summed E-state index contributed by atoms with van der Waals surface area (Å²) in [6.07, 6.45) is 0. The lowest BCUT2D eigenvalue weighted by Crippen LogP contribution is -2.36. The van der Waals surface area contributed by atoms with E-state index in [9.17, 15) is 13.6 Å². The van der Waals surface area contributed by atoms with Crippen molar-refractivity contribution in [1.82, 2.24) is 0 Å². The van der Waals surface area contributed by atoms with Gasteiger partial charge in [-0.05, 0) is 36.4 Å². The van der Waals surface area contributed by atoms with Crippen LogP contribution in [0.3, 0.4) is 0 Å². The van der Waals surface area contributed by atoms with Gasteiger partial charge in [0.15, 0.2) is 0 Å². The van der Waals surface area contributed by atoms with Gasteiger partial charge >= 0.3 is 6.61 Å². The van der Waals surface area contributed by atoms with Gasteiger partial charge in [-0.15, -0.1) is 0 Å². The SMILES string of the molecule is O=C(Nc1ccc(N2CCOCC2)cc1)c1ccccc1OC(F)F. The van der Waals surface area contributed by atoms with Gasteiger partial charge < -0.3 is 19.7 Å². The zero-order valence-corrected chi connectivity index (χ0v) is 13.5. The van der Waals surface area contributed by atoms with Gasteiger partial charge in [-0.1, -0.05) is 12.1 Å². The van der Waals surface area contributed by atoms with Crippen LogP contribution in [0.25, 0.3) is 0 Å². The Morgan fingerprint density at radius 1 is 1.08 bits per heavy atom. The quantitative estimate of drug-likeness (QED) is 0.900. The van der Waals surface area contributed by atoms with Crippen molar-refractivity contribution in [2.75, 3.05) is 36.5 Å². The maximum atomic E-state index is 12.4. The van der Waals surface area contributed by atoms with Crippen molar-refractivity contribution >= 4 is 17.3 Å². The van der Waals surface area contributed by atoms with Crippen LogP contribution in [-0.4, -0.2) is 38.8 Å². The van der Waals surface area contributed by atoms with E-state index in [1.165, 1.54) is 18.2 Å². The molecule has 1 heterocycles. The van der Waals surface area contributed by atoms with Gasteiger partial charge in [0.2, 0.25) is 0 Å². The average Bonchev–Trinajstić information content (AvgIpc) is 2.63. The summed E-state index contributed by atoms with van der Waals surface area (Å²) in [5.74, 6) is -0.657. The van der Waals surface area contributed by atoms with Gasteiger partial charge in [-0.3, -0.25) is 4.79 Å². The molecule has 0 radical (unpaired) electrons. The molecule has 3 rings (SSSR count). The Kier molecular flexibility index (Phi) is 5.45. The number of halogens is 2. The molecular weight excluding hydrogens is 330 g/mol. The first-order valence-electron chi connectivity index (χ1n) is 7.91. The number of nitrogens with zero attached hydrogens (tertiary/aromatic N) is 1. The fourth-order valence-corrected chi connectivity index (χ4v) is 2.63. The van der Waals surface area contributed by atoms with Gasteiger partial charge in [0.25, 0.3) is 5.91 Å². The van der Waals surface area contributed by atoms with Crippen LogP contribution in [0.4, 0.5) is 20.2 Å². The molecule has 1 amide bonds. The lowest BCUT2D eigenvalue weighted by Gasteiger charge is -2.28. The maximum absolute atomic E-state index is 12.4. The van der Waals surface area contributed by atoms with E-state index in [1.54, 1.807) is 18.2 Å². The highest BCUT2D eigenvalue weighted by Gasteiger charge is 2.16. The highest BCUT2D eigenvalue weighted by molar-refractivity contribution is 6.06. The van der Waals surface area contributed by atoms with Crippen LogP contribution >= 0.6 is 0 Å². The van der Waals surface area contributed by atoms with E-state index in [-0.39, 0.29) is 11.3 Å². The molecule has 1 aliphatic heterocycles. The van der Waals surface area contributed by atoms with E-state index in [1.807, 2.05) is 12.1 Å². The van der Waals surface area contributed by atoms with Crippen LogP contribution in [0.5, 0.6) is 5.75 Å². The summed E-state index contributed by atoms with van der Waals surface area (Å²) in [7, 11) is 0. The topological polar surface area (TPSA) is 50.8 Å². The Bertz CT molecular complexity index is 717. The van der Waals surface area contributed by atoms with Crippen molar-refractivity contribution in [3.63, 3.8) is 0 Å². The number of hydrogen-bond donors (Lipinski definition) is 1. The van der Waals surface area contributed by atoms with Crippen LogP contribution in [0.2, 0.25) is 0 Å². The predicted molar refractivity (Wildman–Crippen MR) is 90.5 cm³/mol. The summed E-state index contributed by atoms with van der Waals surface area (Å²) in [4.78, 5) is 14.5. The minimum atomic E-state index is -2.98. The molecule has 2 aromatic carbocycles. The summed E-state index contributed by atoms with van der Waals surface area (Å²) in [6, 6.07) is 13.3. The third kappa shape index (κ3) is 4.45. The first-order chi connectivity index (χ1) is 12.1. The van der Waals surface area contributed by atoms with E-state index in [4.69, 9.17) is 4.74 Å². The normalized spacial score (nSPS) is 14.4. The van der Waals surface area contributed by atoms with E-state index >= 15 is 0 Å². The van der Waals surface area contributed by atoms with Gasteiger partial charge in [-0.25, -0.2) is 0 Å². The highest BCUT2D eigenvalue weighted by atomic mass is 19.3. The second-order valence-corrected chi connectivity index (χ2v) is 5.48. The molecule has 1 fully saturated rings. The molecule has 1 N–H and O–H groups in total. The monoisotopic (exact) mass is 348 g/mol. The molecule has 0 spiro atoms. The first-order valence-corrected chi connectivity index (χ1v) is 7.91. The van der Waals surface area contributed by atoms with Gasteiger partial charge in [0.05, 0.1) is 18.8 Å². The number of para-hydroxylation sites is 1. The number of hydrogen-bond acceptors (Lipinski definition) is 4. The van der Waals surface area contributed by atoms with Gasteiger partial charge in [-0.2, -0.15) is 8.78 Å². The second-order valence-electron chi connectivity index (χ2n) is 5.48. The van der Waals surface area contributed by atoms with Crippen LogP contribution in [0, 0.1) is 0 Å². The Balaban J connectivity index is 1.69. The first kappa shape index (κ1) is 17.2. The molecular formula is C18H18F2N2O3. The Morgan fingerprint density at radius 3 is 2.44 bits per heavy atom. The number of amides is 1. The van der Waals surface area contributed by atoms with Crippen molar-refractivity contribution < 1.29 is 23.0 Å². The lowest BCUT2D eigenvalue weighted by molar-refractivity contribution is -0.0501. The average molecular weight is 348 g/mol.